The van der Waals surface area contributed by atoms with Crippen LogP contribution in [0.15, 0.2) is 23.0 Å². The predicted octanol–water partition coefficient (Wildman–Crippen LogP) is 2.94. The van der Waals surface area contributed by atoms with E-state index in [1.54, 1.807) is 0 Å². The average Bonchev–Trinajstić information content (AvgIpc) is 2.74. The van der Waals surface area contributed by atoms with Gasteiger partial charge in [-0.25, -0.2) is 0 Å². The van der Waals surface area contributed by atoms with Gasteiger partial charge in [-0.05, 0) is 75.7 Å². The number of aromatic nitrogens is 1. The highest BCUT2D eigenvalue weighted by molar-refractivity contribution is 7.80. The van der Waals surface area contributed by atoms with E-state index in [1.807, 2.05) is 24.0 Å². The van der Waals surface area contributed by atoms with Crippen molar-refractivity contribution < 1.29 is 5.11 Å². The van der Waals surface area contributed by atoms with Crippen molar-refractivity contribution in [1.29, 1.82) is 0 Å². The number of pyridine rings is 1. The van der Waals surface area contributed by atoms with Crippen molar-refractivity contribution in [3.05, 3.63) is 45.2 Å². The van der Waals surface area contributed by atoms with Crippen LogP contribution in [0.1, 0.15) is 43.4 Å². The third kappa shape index (κ3) is 6.52. The Bertz CT molecular complexity index is 893. The lowest BCUT2D eigenvalue weighted by molar-refractivity contribution is 0.263. The number of nitrogens with one attached hydrogen (secondary N) is 2. The molecule has 0 aliphatic rings. The molecule has 166 valence electrons. The molecule has 0 aliphatic heterocycles. The number of nitrogens with zero attached hydrogens (tertiary/aromatic N) is 2. The van der Waals surface area contributed by atoms with Gasteiger partial charge in [0.1, 0.15) is 0 Å². The fourth-order valence-corrected chi connectivity index (χ4v) is 3.86. The lowest BCUT2D eigenvalue weighted by atomic mass is 10.0. The predicted molar refractivity (Wildman–Crippen MR) is 129 cm³/mol. The van der Waals surface area contributed by atoms with Crippen LogP contribution in [0.3, 0.4) is 0 Å². The number of fused-ring (bicyclic) bond motifs is 1. The number of aryl methyl sites for hydroxylation is 2. The lowest BCUT2D eigenvalue weighted by Gasteiger charge is -2.26. The van der Waals surface area contributed by atoms with E-state index in [0.29, 0.717) is 30.2 Å². The summed E-state index contributed by atoms with van der Waals surface area (Å²) < 4.78 is 0. The molecule has 0 atom stereocenters. The molecule has 30 heavy (non-hydrogen) atoms. The number of aliphatic hydroxyl groups is 1. The Labute approximate surface area is 185 Å². The molecule has 2 rings (SSSR count). The first-order chi connectivity index (χ1) is 14.4. The summed E-state index contributed by atoms with van der Waals surface area (Å²) in [6, 6.07) is 6.08. The Balaban J connectivity index is 2.12. The van der Waals surface area contributed by atoms with Gasteiger partial charge >= 0.3 is 0 Å². The average molecular weight is 433 g/mol. The molecule has 0 saturated carbocycles. The molecule has 0 aliphatic carbocycles. The van der Waals surface area contributed by atoms with Crippen LogP contribution in [-0.4, -0.2) is 64.3 Å². The number of H-pyrrole nitrogens is 1. The van der Waals surface area contributed by atoms with Crippen LogP contribution in [0.2, 0.25) is 0 Å². The van der Waals surface area contributed by atoms with Crippen molar-refractivity contribution in [3.63, 3.8) is 0 Å². The molecule has 0 radical (unpaired) electrons. The SMILES string of the molecule is CCN(CC)CCCNC(=S)N(CCCO)Cc1cc2c(C)ccc(C)c2[nH]c1=O. The van der Waals surface area contributed by atoms with Crippen LogP contribution in [-0.2, 0) is 6.54 Å². The Morgan fingerprint density at radius 2 is 1.83 bits per heavy atom. The third-order valence-corrected chi connectivity index (χ3v) is 5.98. The molecule has 0 unspecified atom stereocenters. The Hall–Kier alpha value is -1.96. The summed E-state index contributed by atoms with van der Waals surface area (Å²) >= 11 is 5.62. The monoisotopic (exact) mass is 432 g/mol. The highest BCUT2D eigenvalue weighted by Crippen LogP contribution is 2.20. The normalized spacial score (nSPS) is 11.3. The second-order valence-corrected chi connectivity index (χ2v) is 8.11. The standard InChI is InChI=1S/C23H36N4O2S/c1-5-26(6-2)12-7-11-24-23(30)27(13-8-14-28)16-19-15-20-17(3)9-10-18(4)21(20)25-22(19)29/h9-10,15,28H,5-8,11-14,16H2,1-4H3,(H,24,30)(H,25,29). The van der Waals surface area contributed by atoms with Crippen molar-refractivity contribution in [2.45, 2.75) is 47.1 Å². The molecule has 0 spiro atoms. The van der Waals surface area contributed by atoms with Crippen molar-refractivity contribution in [2.75, 3.05) is 39.3 Å². The zero-order chi connectivity index (χ0) is 22.1. The van der Waals surface area contributed by atoms with Gasteiger partial charge in [-0.3, -0.25) is 4.79 Å². The van der Waals surface area contributed by atoms with E-state index in [2.05, 4.69) is 42.0 Å². The Morgan fingerprint density at radius 1 is 1.13 bits per heavy atom. The summed E-state index contributed by atoms with van der Waals surface area (Å²) in [5.74, 6) is 0. The van der Waals surface area contributed by atoms with Crippen LogP contribution in [0, 0.1) is 13.8 Å². The highest BCUT2D eigenvalue weighted by Gasteiger charge is 2.14. The molecule has 6 nitrogen and oxygen atoms in total. The molecule has 2 aromatic rings. The zero-order valence-electron chi connectivity index (χ0n) is 18.8. The fourth-order valence-electron chi connectivity index (χ4n) is 3.60. The van der Waals surface area contributed by atoms with E-state index in [-0.39, 0.29) is 12.2 Å². The minimum Gasteiger partial charge on any atom is -0.396 e. The van der Waals surface area contributed by atoms with Crippen LogP contribution in [0.4, 0.5) is 0 Å². The molecule has 0 fully saturated rings. The number of aromatic amines is 1. The maximum Gasteiger partial charge on any atom is 0.253 e. The van der Waals surface area contributed by atoms with Crippen molar-refractivity contribution in [1.82, 2.24) is 20.1 Å². The number of rotatable bonds is 11. The lowest BCUT2D eigenvalue weighted by Crippen LogP contribution is -2.42. The number of aliphatic hydroxyl groups excluding tert-OH is 1. The molecule has 1 aromatic heterocycles. The Kier molecular flexibility index (Phi) is 9.75. The van der Waals surface area contributed by atoms with Crippen molar-refractivity contribution in [3.8, 4) is 0 Å². The van der Waals surface area contributed by atoms with E-state index in [4.69, 9.17) is 12.2 Å². The number of benzene rings is 1. The van der Waals surface area contributed by atoms with Gasteiger partial charge in [-0.2, -0.15) is 0 Å². The molecule has 0 bridgehead atoms. The van der Waals surface area contributed by atoms with Gasteiger partial charge in [0.25, 0.3) is 5.56 Å². The number of thiocarbonyl (C=S) groups is 1. The quantitative estimate of drug-likeness (QED) is 0.375. The van der Waals surface area contributed by atoms with Gasteiger partial charge in [0.05, 0.1) is 12.1 Å². The van der Waals surface area contributed by atoms with E-state index >= 15 is 0 Å². The van der Waals surface area contributed by atoms with Crippen molar-refractivity contribution >= 4 is 28.2 Å². The van der Waals surface area contributed by atoms with Gasteiger partial charge in [0, 0.05) is 30.6 Å². The van der Waals surface area contributed by atoms with Gasteiger partial charge < -0.3 is 25.2 Å². The summed E-state index contributed by atoms with van der Waals surface area (Å²) in [5, 5.41) is 14.3. The largest absolute Gasteiger partial charge is 0.396 e. The second kappa shape index (κ2) is 12.0. The van der Waals surface area contributed by atoms with Gasteiger partial charge in [0.15, 0.2) is 5.11 Å². The van der Waals surface area contributed by atoms with Crippen molar-refractivity contribution in [2.24, 2.45) is 0 Å². The first kappa shape index (κ1) is 24.3. The number of hydrogen-bond donors (Lipinski definition) is 3. The molecule has 3 N–H and O–H groups in total. The van der Waals surface area contributed by atoms with E-state index < -0.39 is 0 Å². The van der Waals surface area contributed by atoms with E-state index in [1.165, 1.54) is 0 Å². The minimum atomic E-state index is -0.0884. The van der Waals surface area contributed by atoms with E-state index in [9.17, 15) is 9.90 Å². The summed E-state index contributed by atoms with van der Waals surface area (Å²) in [4.78, 5) is 20.1. The maximum atomic E-state index is 12.7. The zero-order valence-corrected chi connectivity index (χ0v) is 19.6. The Morgan fingerprint density at radius 3 is 2.50 bits per heavy atom. The molecule has 1 heterocycles. The fraction of sp³-hybridized carbons (Fsp3) is 0.565. The summed E-state index contributed by atoms with van der Waals surface area (Å²) in [7, 11) is 0. The highest BCUT2D eigenvalue weighted by atomic mass is 32.1. The van der Waals surface area contributed by atoms with E-state index in [0.717, 1.165) is 54.6 Å². The molecule has 7 heteroatoms. The molecule has 1 aromatic carbocycles. The van der Waals surface area contributed by atoms with Gasteiger partial charge in [0.2, 0.25) is 0 Å². The summed E-state index contributed by atoms with van der Waals surface area (Å²) in [6.45, 7) is 13.4. The third-order valence-electron chi connectivity index (χ3n) is 5.58. The van der Waals surface area contributed by atoms with Gasteiger partial charge in [-0.1, -0.05) is 26.0 Å². The maximum absolute atomic E-state index is 12.7. The van der Waals surface area contributed by atoms with Crippen LogP contribution in [0.25, 0.3) is 10.9 Å². The molecular weight excluding hydrogens is 396 g/mol. The first-order valence-electron chi connectivity index (χ1n) is 10.9. The van der Waals surface area contributed by atoms with Gasteiger partial charge in [-0.15, -0.1) is 0 Å². The topological polar surface area (TPSA) is 71.6 Å². The molecule has 0 saturated heterocycles. The molecule has 0 amide bonds. The minimum absolute atomic E-state index is 0.0884. The van der Waals surface area contributed by atoms with Crippen LogP contribution >= 0.6 is 12.2 Å². The second-order valence-electron chi connectivity index (χ2n) is 7.72. The smallest absolute Gasteiger partial charge is 0.253 e. The van der Waals surface area contributed by atoms with Crippen LogP contribution in [0.5, 0.6) is 0 Å². The van der Waals surface area contributed by atoms with Crippen LogP contribution < -0.4 is 10.9 Å². The number of hydrogen-bond acceptors (Lipinski definition) is 4. The summed E-state index contributed by atoms with van der Waals surface area (Å²) in [6.07, 6.45) is 1.61. The molecular formula is C23H36N4O2S. The first-order valence-corrected chi connectivity index (χ1v) is 11.3. The summed E-state index contributed by atoms with van der Waals surface area (Å²) in [5.41, 5.74) is 3.67.